The van der Waals surface area contributed by atoms with E-state index in [-0.39, 0.29) is 29.2 Å². The van der Waals surface area contributed by atoms with Gasteiger partial charge in [0, 0.05) is 62.8 Å². The molecule has 0 spiro atoms. The van der Waals surface area contributed by atoms with Crippen LogP contribution in [0.4, 0.5) is 5.69 Å². The summed E-state index contributed by atoms with van der Waals surface area (Å²) in [5.41, 5.74) is 2.71. The minimum atomic E-state index is -3.69. The van der Waals surface area contributed by atoms with Gasteiger partial charge >= 0.3 is 5.97 Å². The predicted octanol–water partition coefficient (Wildman–Crippen LogP) is 2.31. The van der Waals surface area contributed by atoms with E-state index in [1.54, 1.807) is 19.1 Å². The highest BCUT2D eigenvalue weighted by Gasteiger charge is 2.43. The maximum absolute atomic E-state index is 13.1. The first-order valence-electron chi connectivity index (χ1n) is 10.5. The molecule has 1 aliphatic heterocycles. The number of nitrogens with zero attached hydrogens (tertiary/aromatic N) is 2. The van der Waals surface area contributed by atoms with Gasteiger partial charge in [-0.3, -0.25) is 9.83 Å². The SMILES string of the molecule is CCOC(=O)CCCN(C)S(=O)(=O)c1ccc2c(c1)C(C)(C)C(C)=[N+]2CCCSOO[O-]. The molecule has 0 aromatic heterocycles. The van der Waals surface area contributed by atoms with Gasteiger partial charge in [-0.25, -0.2) is 12.7 Å². The number of fused-ring (bicyclic) bond motifs is 1. The number of carbonyl (C=O) groups is 1. The molecule has 0 aliphatic carbocycles. The van der Waals surface area contributed by atoms with E-state index in [0.29, 0.717) is 25.3 Å². The second kappa shape index (κ2) is 11.6. The molecule has 32 heavy (non-hydrogen) atoms. The molecule has 0 fully saturated rings. The monoisotopic (exact) mass is 488 g/mol. The van der Waals surface area contributed by atoms with Gasteiger partial charge in [0.05, 0.1) is 16.9 Å². The number of rotatable bonds is 13. The van der Waals surface area contributed by atoms with E-state index in [9.17, 15) is 18.5 Å². The lowest BCUT2D eigenvalue weighted by Gasteiger charge is -2.19. The Balaban J connectivity index is 2.15. The van der Waals surface area contributed by atoms with Gasteiger partial charge in [0.25, 0.3) is 0 Å². The van der Waals surface area contributed by atoms with E-state index < -0.39 is 10.0 Å². The first kappa shape index (κ1) is 26.7. The Hall–Kier alpha value is -1.50. The summed E-state index contributed by atoms with van der Waals surface area (Å²) in [6.07, 6.45) is 1.33. The van der Waals surface area contributed by atoms with E-state index in [4.69, 9.17) is 4.74 Å². The minimum absolute atomic E-state index is 0.179. The van der Waals surface area contributed by atoms with E-state index >= 15 is 0 Å². The van der Waals surface area contributed by atoms with Crippen LogP contribution in [0.15, 0.2) is 23.1 Å². The Morgan fingerprint density at radius 2 is 2.00 bits per heavy atom. The molecule has 0 saturated carbocycles. The number of carbonyl (C=O) groups excluding carboxylic acids is 1. The van der Waals surface area contributed by atoms with Crippen LogP contribution in [-0.2, 0) is 34.3 Å². The maximum Gasteiger partial charge on any atom is 0.305 e. The molecule has 1 heterocycles. The number of hydrogen-bond acceptors (Lipinski definition) is 8. The Bertz CT molecular complexity index is 945. The van der Waals surface area contributed by atoms with E-state index in [2.05, 4.69) is 27.8 Å². The molecule has 0 unspecified atom stereocenters. The highest BCUT2D eigenvalue weighted by atomic mass is 32.2. The van der Waals surface area contributed by atoms with Gasteiger partial charge in [0.2, 0.25) is 15.7 Å². The van der Waals surface area contributed by atoms with Crippen molar-refractivity contribution >= 4 is 39.4 Å². The van der Waals surface area contributed by atoms with Crippen molar-refractivity contribution in [1.29, 1.82) is 0 Å². The van der Waals surface area contributed by atoms with Crippen molar-refractivity contribution in [2.24, 2.45) is 0 Å². The van der Waals surface area contributed by atoms with Crippen molar-refractivity contribution in [3.05, 3.63) is 23.8 Å². The van der Waals surface area contributed by atoms with Crippen molar-refractivity contribution in [1.82, 2.24) is 4.31 Å². The topological polar surface area (TPSA) is 108 Å². The van der Waals surface area contributed by atoms with Crippen molar-refractivity contribution < 1.29 is 37.2 Å². The number of hydrogen-bond donors (Lipinski definition) is 0. The molecule has 11 heteroatoms. The molecule has 1 aromatic rings. The fourth-order valence-electron chi connectivity index (χ4n) is 3.73. The number of sulfonamides is 1. The fourth-order valence-corrected chi connectivity index (χ4v) is 5.32. The summed E-state index contributed by atoms with van der Waals surface area (Å²) in [6.45, 7) is 9.17. The Kier molecular flexibility index (Phi) is 9.68. The molecule has 0 N–H and O–H groups in total. The molecule has 9 nitrogen and oxygen atoms in total. The van der Waals surface area contributed by atoms with Crippen LogP contribution in [-0.4, -0.2) is 61.5 Å². The van der Waals surface area contributed by atoms with Crippen molar-refractivity contribution in [3.8, 4) is 0 Å². The van der Waals surface area contributed by atoms with Crippen LogP contribution < -0.4 is 5.26 Å². The molecule has 0 saturated heterocycles. The maximum atomic E-state index is 13.1. The molecule has 0 radical (unpaired) electrons. The summed E-state index contributed by atoms with van der Waals surface area (Å²) in [7, 11) is -2.17. The summed E-state index contributed by atoms with van der Waals surface area (Å²) < 4.78 is 38.9. The fraction of sp³-hybridized carbons (Fsp3) is 0.619. The van der Waals surface area contributed by atoms with Crippen molar-refractivity contribution in [2.75, 3.05) is 32.5 Å². The van der Waals surface area contributed by atoms with Gasteiger partial charge in [-0.05, 0) is 39.3 Å². The number of ether oxygens (including phenoxy) is 1. The van der Waals surface area contributed by atoms with Gasteiger partial charge in [0.1, 0.15) is 6.54 Å². The van der Waals surface area contributed by atoms with Crippen LogP contribution in [0, 0.1) is 0 Å². The molecule has 0 bridgehead atoms. The Morgan fingerprint density at radius 3 is 2.66 bits per heavy atom. The third kappa shape index (κ3) is 6.09. The molecular weight excluding hydrogens is 456 g/mol. The molecule has 1 aromatic carbocycles. The normalized spacial score (nSPS) is 15.3. The highest BCUT2D eigenvalue weighted by Crippen LogP contribution is 2.41. The van der Waals surface area contributed by atoms with Crippen LogP contribution in [0.3, 0.4) is 0 Å². The average molecular weight is 489 g/mol. The zero-order valence-electron chi connectivity index (χ0n) is 19.3. The lowest BCUT2D eigenvalue weighted by molar-refractivity contribution is -0.777. The average Bonchev–Trinajstić information content (AvgIpc) is 2.93. The van der Waals surface area contributed by atoms with E-state index in [1.807, 2.05) is 13.0 Å². The molecule has 2 rings (SSSR count). The second-order valence-electron chi connectivity index (χ2n) is 8.09. The second-order valence-corrected chi connectivity index (χ2v) is 10.9. The summed E-state index contributed by atoms with van der Waals surface area (Å²) in [4.78, 5) is 11.7. The zero-order chi connectivity index (χ0) is 23.9. The van der Waals surface area contributed by atoms with Crippen LogP contribution in [0.2, 0.25) is 0 Å². The van der Waals surface area contributed by atoms with Crippen molar-refractivity contribution in [2.45, 2.75) is 57.3 Å². The van der Waals surface area contributed by atoms with Gasteiger partial charge < -0.3 is 9.99 Å². The lowest BCUT2D eigenvalue weighted by atomic mass is 9.82. The van der Waals surface area contributed by atoms with Crippen LogP contribution >= 0.6 is 12.0 Å². The molecular formula is C21H32N2O7S2. The van der Waals surface area contributed by atoms with Gasteiger partial charge in [-0.2, -0.15) is 8.91 Å². The zero-order valence-corrected chi connectivity index (χ0v) is 20.9. The highest BCUT2D eigenvalue weighted by molar-refractivity contribution is 7.94. The number of esters is 1. The largest absolute Gasteiger partial charge is 0.691 e. The van der Waals surface area contributed by atoms with Crippen molar-refractivity contribution in [3.63, 3.8) is 0 Å². The molecule has 180 valence electrons. The van der Waals surface area contributed by atoms with E-state index in [0.717, 1.165) is 35.4 Å². The summed E-state index contributed by atoms with van der Waals surface area (Å²) in [6, 6.07) is 5.22. The van der Waals surface area contributed by atoms with E-state index in [1.165, 1.54) is 11.4 Å². The third-order valence-corrected chi connectivity index (χ3v) is 8.25. The minimum Gasteiger partial charge on any atom is -0.691 e. The summed E-state index contributed by atoms with van der Waals surface area (Å²) >= 11 is 0.954. The Labute approximate surface area is 194 Å². The standard InChI is InChI=1S/C21H32N2O7S2/c1-6-28-20(24)9-7-12-22(5)32(26,27)17-10-11-19-18(15-17)21(3,4)16(2)23(19)13-8-14-31-30-29-25/h10-11,15H,6-9,12-14H2,1-5H3. The molecule has 0 atom stereocenters. The van der Waals surface area contributed by atoms with Gasteiger partial charge in [-0.1, -0.05) is 0 Å². The van der Waals surface area contributed by atoms with Crippen LogP contribution in [0.5, 0.6) is 0 Å². The smallest absolute Gasteiger partial charge is 0.305 e. The molecule has 0 amide bonds. The summed E-state index contributed by atoms with van der Waals surface area (Å²) in [5, 5.41) is 13.2. The summed E-state index contributed by atoms with van der Waals surface area (Å²) in [5.74, 6) is 0.263. The first-order chi connectivity index (χ1) is 15.1. The predicted molar refractivity (Wildman–Crippen MR) is 120 cm³/mol. The quantitative estimate of drug-likeness (QED) is 0.104. The Morgan fingerprint density at radius 1 is 1.28 bits per heavy atom. The number of benzene rings is 1. The van der Waals surface area contributed by atoms with Crippen LogP contribution in [0.25, 0.3) is 0 Å². The lowest BCUT2D eigenvalue weighted by Crippen LogP contribution is -2.29. The van der Waals surface area contributed by atoms with Gasteiger partial charge in [0.15, 0.2) is 5.71 Å². The third-order valence-electron chi connectivity index (χ3n) is 5.79. The first-order valence-corrected chi connectivity index (χ1v) is 12.9. The van der Waals surface area contributed by atoms with Gasteiger partial charge in [-0.15, -0.1) is 0 Å². The van der Waals surface area contributed by atoms with Crippen LogP contribution in [0.1, 0.15) is 52.5 Å². The molecule has 1 aliphatic rings.